The second-order valence-electron chi connectivity index (χ2n) is 4.84. The number of aryl methyl sites for hydroxylation is 1. The minimum atomic E-state index is -0.373. The topological polar surface area (TPSA) is 81.0 Å². The van der Waals surface area contributed by atoms with Gasteiger partial charge in [-0.3, -0.25) is 20.1 Å². The fourth-order valence-corrected chi connectivity index (χ4v) is 2.09. The third-order valence-electron chi connectivity index (χ3n) is 3.26. The zero-order valence-electron chi connectivity index (χ0n) is 12.1. The van der Waals surface area contributed by atoms with Gasteiger partial charge in [0.25, 0.3) is 5.69 Å². The predicted molar refractivity (Wildman–Crippen MR) is 79.7 cm³/mol. The Balaban J connectivity index is 2.07. The van der Waals surface area contributed by atoms with E-state index in [1.54, 1.807) is 24.5 Å². The maximum Gasteiger partial charge on any atom is 0.269 e. The molecule has 0 spiro atoms. The van der Waals surface area contributed by atoms with Crippen molar-refractivity contribution in [3.63, 3.8) is 0 Å². The van der Waals surface area contributed by atoms with E-state index in [4.69, 9.17) is 0 Å². The van der Waals surface area contributed by atoms with Gasteiger partial charge < -0.3 is 5.32 Å². The van der Waals surface area contributed by atoms with Gasteiger partial charge >= 0.3 is 0 Å². The number of benzene rings is 1. The predicted octanol–water partition coefficient (Wildman–Crippen LogP) is 2.93. The summed E-state index contributed by atoms with van der Waals surface area (Å²) in [6.07, 6.45) is 4.30. The van der Waals surface area contributed by atoms with Crippen molar-refractivity contribution < 1.29 is 4.92 Å². The second-order valence-corrected chi connectivity index (χ2v) is 4.84. The van der Waals surface area contributed by atoms with E-state index >= 15 is 0 Å². The quantitative estimate of drug-likeness (QED) is 0.652. The van der Waals surface area contributed by atoms with Crippen LogP contribution in [0.25, 0.3) is 0 Å². The van der Waals surface area contributed by atoms with Gasteiger partial charge in [-0.1, -0.05) is 19.1 Å². The van der Waals surface area contributed by atoms with E-state index < -0.39 is 0 Å². The molecular weight excluding hydrogens is 268 g/mol. The molecule has 6 heteroatoms. The number of hydrogen-bond donors (Lipinski definition) is 1. The van der Waals surface area contributed by atoms with Crippen LogP contribution < -0.4 is 5.32 Å². The summed E-state index contributed by atoms with van der Waals surface area (Å²) in [6, 6.07) is 6.77. The summed E-state index contributed by atoms with van der Waals surface area (Å²) < 4.78 is 0. The first-order chi connectivity index (χ1) is 10.1. The summed E-state index contributed by atoms with van der Waals surface area (Å²) in [5, 5.41) is 14.2. The molecule has 0 radical (unpaired) electrons. The average Bonchev–Trinajstić information content (AvgIpc) is 2.50. The number of nitrogens with one attached hydrogen (secondary N) is 1. The Hall–Kier alpha value is -2.34. The van der Waals surface area contributed by atoms with Crippen molar-refractivity contribution in [2.75, 3.05) is 0 Å². The zero-order chi connectivity index (χ0) is 15.2. The molecule has 1 aromatic heterocycles. The molecule has 1 N–H and O–H groups in total. The Kier molecular flexibility index (Phi) is 4.94. The van der Waals surface area contributed by atoms with E-state index in [2.05, 4.69) is 15.3 Å². The monoisotopic (exact) mass is 286 g/mol. The summed E-state index contributed by atoms with van der Waals surface area (Å²) in [6.45, 7) is 4.51. The first kappa shape index (κ1) is 15.1. The number of nitro benzene ring substituents is 1. The van der Waals surface area contributed by atoms with Crippen LogP contribution in [0, 0.1) is 17.0 Å². The second kappa shape index (κ2) is 6.90. The fraction of sp³-hybridized carbons (Fsp3) is 0.333. The summed E-state index contributed by atoms with van der Waals surface area (Å²) in [5.74, 6) is 0. The van der Waals surface area contributed by atoms with Crippen LogP contribution >= 0.6 is 0 Å². The minimum absolute atomic E-state index is 0.0491. The summed E-state index contributed by atoms with van der Waals surface area (Å²) >= 11 is 0. The molecule has 0 aliphatic carbocycles. The minimum Gasteiger partial charge on any atom is -0.304 e. The average molecular weight is 286 g/mol. The lowest BCUT2D eigenvalue weighted by atomic mass is 10.0. The van der Waals surface area contributed by atoms with Gasteiger partial charge in [0, 0.05) is 37.1 Å². The maximum atomic E-state index is 10.8. The van der Waals surface area contributed by atoms with Gasteiger partial charge in [-0.15, -0.1) is 0 Å². The number of nitro groups is 1. The van der Waals surface area contributed by atoms with E-state index in [0.29, 0.717) is 6.54 Å². The molecule has 21 heavy (non-hydrogen) atoms. The highest BCUT2D eigenvalue weighted by Gasteiger charge is 2.13. The van der Waals surface area contributed by atoms with Gasteiger partial charge in [-0.05, 0) is 18.9 Å². The zero-order valence-corrected chi connectivity index (χ0v) is 12.1. The number of aromatic nitrogens is 2. The van der Waals surface area contributed by atoms with E-state index in [1.807, 2.05) is 19.9 Å². The number of hydrogen-bond acceptors (Lipinski definition) is 5. The van der Waals surface area contributed by atoms with E-state index in [0.717, 1.165) is 23.4 Å². The van der Waals surface area contributed by atoms with Crippen LogP contribution in [0.15, 0.2) is 36.7 Å². The van der Waals surface area contributed by atoms with Crippen LogP contribution in [-0.2, 0) is 6.54 Å². The van der Waals surface area contributed by atoms with Crippen molar-refractivity contribution in [2.24, 2.45) is 0 Å². The van der Waals surface area contributed by atoms with E-state index in [1.165, 1.54) is 6.07 Å². The van der Waals surface area contributed by atoms with Crippen LogP contribution in [0.4, 0.5) is 5.69 Å². The first-order valence-electron chi connectivity index (χ1n) is 6.85. The Morgan fingerprint density at radius 3 is 2.76 bits per heavy atom. The van der Waals surface area contributed by atoms with Crippen LogP contribution in [0.5, 0.6) is 0 Å². The van der Waals surface area contributed by atoms with Gasteiger partial charge in [0.05, 0.1) is 16.3 Å². The molecule has 6 nitrogen and oxygen atoms in total. The summed E-state index contributed by atoms with van der Waals surface area (Å²) in [5.41, 5.74) is 2.75. The Bertz CT molecular complexity index is 613. The van der Waals surface area contributed by atoms with E-state index in [-0.39, 0.29) is 16.7 Å². The van der Waals surface area contributed by atoms with Crippen molar-refractivity contribution in [3.8, 4) is 0 Å². The SMILES string of the molecule is CCC(NCc1cnc(C)cn1)c1cccc([N+](=O)[O-])c1. The molecular formula is C15H18N4O2. The molecule has 0 fully saturated rings. The summed E-state index contributed by atoms with van der Waals surface area (Å²) in [4.78, 5) is 19.0. The third-order valence-corrected chi connectivity index (χ3v) is 3.26. The molecule has 1 unspecified atom stereocenters. The Morgan fingerprint density at radius 1 is 1.33 bits per heavy atom. The van der Waals surface area contributed by atoms with Gasteiger partial charge in [-0.25, -0.2) is 0 Å². The fourth-order valence-electron chi connectivity index (χ4n) is 2.09. The normalized spacial score (nSPS) is 12.1. The molecule has 0 aliphatic heterocycles. The molecule has 1 aromatic carbocycles. The van der Waals surface area contributed by atoms with E-state index in [9.17, 15) is 10.1 Å². The molecule has 0 bridgehead atoms. The van der Waals surface area contributed by atoms with Crippen molar-refractivity contribution in [2.45, 2.75) is 32.9 Å². The lowest BCUT2D eigenvalue weighted by molar-refractivity contribution is -0.384. The standard InChI is InChI=1S/C15H18N4O2/c1-3-15(12-5-4-6-14(7-12)19(20)21)18-10-13-9-16-11(2)8-17-13/h4-9,15,18H,3,10H2,1-2H3. The number of non-ortho nitro benzene ring substituents is 1. The highest BCUT2D eigenvalue weighted by atomic mass is 16.6. The van der Waals surface area contributed by atoms with Crippen LogP contribution in [-0.4, -0.2) is 14.9 Å². The molecule has 0 saturated heterocycles. The molecule has 0 aliphatic rings. The van der Waals surface area contributed by atoms with Gasteiger partial charge in [0.1, 0.15) is 0 Å². The maximum absolute atomic E-state index is 10.8. The summed E-state index contributed by atoms with van der Waals surface area (Å²) in [7, 11) is 0. The van der Waals surface area contributed by atoms with Crippen molar-refractivity contribution in [1.29, 1.82) is 0 Å². The lowest BCUT2D eigenvalue weighted by Crippen LogP contribution is -2.21. The molecule has 1 atom stereocenters. The molecule has 2 aromatic rings. The van der Waals surface area contributed by atoms with Crippen molar-refractivity contribution in [1.82, 2.24) is 15.3 Å². The number of rotatable bonds is 6. The highest BCUT2D eigenvalue weighted by molar-refractivity contribution is 5.35. The number of nitrogens with zero attached hydrogens (tertiary/aromatic N) is 3. The van der Waals surface area contributed by atoms with Gasteiger partial charge in [0.15, 0.2) is 0 Å². The van der Waals surface area contributed by atoms with Crippen molar-refractivity contribution in [3.05, 3.63) is 63.7 Å². The van der Waals surface area contributed by atoms with Gasteiger partial charge in [0.2, 0.25) is 0 Å². The molecule has 2 rings (SSSR count). The van der Waals surface area contributed by atoms with Crippen LogP contribution in [0.1, 0.15) is 36.3 Å². The lowest BCUT2D eigenvalue weighted by Gasteiger charge is -2.17. The Morgan fingerprint density at radius 2 is 2.14 bits per heavy atom. The molecule has 0 saturated carbocycles. The molecule has 0 amide bonds. The molecule has 110 valence electrons. The third kappa shape index (κ3) is 4.06. The van der Waals surface area contributed by atoms with Crippen molar-refractivity contribution >= 4 is 5.69 Å². The molecule has 1 heterocycles. The van der Waals surface area contributed by atoms with Crippen LogP contribution in [0.3, 0.4) is 0 Å². The first-order valence-corrected chi connectivity index (χ1v) is 6.85. The largest absolute Gasteiger partial charge is 0.304 e. The Labute approximate surface area is 123 Å². The highest BCUT2D eigenvalue weighted by Crippen LogP contribution is 2.21. The van der Waals surface area contributed by atoms with Gasteiger partial charge in [-0.2, -0.15) is 0 Å². The van der Waals surface area contributed by atoms with Crippen LogP contribution in [0.2, 0.25) is 0 Å². The smallest absolute Gasteiger partial charge is 0.269 e.